The summed E-state index contributed by atoms with van der Waals surface area (Å²) < 4.78 is 2.16. The Kier molecular flexibility index (Phi) is 3.95. The van der Waals surface area contributed by atoms with Crippen molar-refractivity contribution in [3.05, 3.63) is 110 Å². The third-order valence-electron chi connectivity index (χ3n) is 6.05. The van der Waals surface area contributed by atoms with E-state index in [9.17, 15) is 14.9 Å². The molecule has 0 aliphatic rings. The Labute approximate surface area is 190 Å². The van der Waals surface area contributed by atoms with Crippen LogP contribution in [0.15, 0.2) is 92.9 Å². The molecule has 32 heavy (non-hydrogen) atoms. The summed E-state index contributed by atoms with van der Waals surface area (Å²) in [6.45, 7) is 0. The Balaban J connectivity index is 1.88. The zero-order chi connectivity index (χ0) is 22.0. The second-order valence-corrected chi connectivity index (χ2v) is 8.67. The normalized spacial score (nSPS) is 11.5. The number of halogens is 1. The maximum atomic E-state index is 13.5. The van der Waals surface area contributed by atoms with E-state index >= 15 is 0 Å². The van der Waals surface area contributed by atoms with Crippen molar-refractivity contribution in [3.63, 3.8) is 0 Å². The summed E-state index contributed by atoms with van der Waals surface area (Å²) in [5, 5.41) is 13.7. The minimum Gasteiger partial charge on any atom is -0.268 e. The second kappa shape index (κ2) is 6.74. The van der Waals surface area contributed by atoms with E-state index in [0.29, 0.717) is 21.9 Å². The Morgan fingerprint density at radius 3 is 2.06 bits per heavy atom. The number of hydrogen-bond donors (Lipinski definition) is 0. The fraction of sp³-hybridized carbons (Fsp3) is 0. The molecule has 6 aromatic rings. The summed E-state index contributed by atoms with van der Waals surface area (Å²) in [6, 6.07) is 26.4. The molecule has 4 nitrogen and oxygen atoms in total. The van der Waals surface area contributed by atoms with Crippen molar-refractivity contribution in [3.8, 4) is 17.2 Å². The van der Waals surface area contributed by atoms with Crippen molar-refractivity contribution in [2.45, 2.75) is 0 Å². The van der Waals surface area contributed by atoms with Gasteiger partial charge in [-0.25, -0.2) is 4.40 Å². The monoisotopic (exact) mass is 476 g/mol. The summed E-state index contributed by atoms with van der Waals surface area (Å²) in [5.41, 5.74) is 2.18. The highest BCUT2D eigenvalue weighted by atomic mass is 79.9. The van der Waals surface area contributed by atoms with Gasteiger partial charge < -0.3 is 0 Å². The van der Waals surface area contributed by atoms with Gasteiger partial charge >= 0.3 is 0 Å². The lowest BCUT2D eigenvalue weighted by Gasteiger charge is -2.14. The number of nitrogens with zero attached hydrogens (tertiary/aromatic N) is 2. The van der Waals surface area contributed by atoms with Crippen LogP contribution in [0, 0.1) is 11.3 Å². The molecule has 150 valence electrons. The molecule has 0 bridgehead atoms. The number of rotatable bonds is 1. The van der Waals surface area contributed by atoms with Gasteiger partial charge in [0, 0.05) is 26.0 Å². The summed E-state index contributed by atoms with van der Waals surface area (Å²) in [4.78, 5) is 26.8. The summed E-state index contributed by atoms with van der Waals surface area (Å²) in [6.07, 6.45) is 0. The molecule has 6 rings (SSSR count). The van der Waals surface area contributed by atoms with Gasteiger partial charge in [-0.3, -0.25) is 9.59 Å². The quantitative estimate of drug-likeness (QED) is 0.220. The fourth-order valence-electron chi connectivity index (χ4n) is 4.64. The van der Waals surface area contributed by atoms with Crippen LogP contribution in [0.5, 0.6) is 0 Å². The fourth-order valence-corrected chi connectivity index (χ4v) is 5.10. The Hall–Kier alpha value is -4.01. The predicted octanol–water partition coefficient (Wildman–Crippen LogP) is 5.86. The lowest BCUT2D eigenvalue weighted by molar-refractivity contribution is 1.09. The van der Waals surface area contributed by atoms with E-state index in [0.717, 1.165) is 37.1 Å². The van der Waals surface area contributed by atoms with Crippen LogP contribution < -0.4 is 11.1 Å². The van der Waals surface area contributed by atoms with Crippen molar-refractivity contribution >= 4 is 53.8 Å². The lowest BCUT2D eigenvalue weighted by Crippen LogP contribution is -2.27. The highest BCUT2D eigenvalue weighted by Gasteiger charge is 2.18. The summed E-state index contributed by atoms with van der Waals surface area (Å²) in [5.74, 6) is 0. The van der Waals surface area contributed by atoms with Crippen LogP contribution in [0.4, 0.5) is 0 Å². The van der Waals surface area contributed by atoms with E-state index in [1.807, 2.05) is 60.7 Å². The number of pyridine rings is 2. The predicted molar refractivity (Wildman–Crippen MR) is 131 cm³/mol. The molecule has 0 fully saturated rings. The van der Waals surface area contributed by atoms with E-state index in [-0.39, 0.29) is 11.1 Å². The molecular formula is C27H13BrN2O2. The average Bonchev–Trinajstić information content (AvgIpc) is 2.83. The van der Waals surface area contributed by atoms with Gasteiger partial charge in [-0.2, -0.15) is 5.26 Å². The average molecular weight is 477 g/mol. The zero-order valence-corrected chi connectivity index (χ0v) is 18.2. The highest BCUT2D eigenvalue weighted by Crippen LogP contribution is 2.35. The van der Waals surface area contributed by atoms with Crippen LogP contribution in [0.3, 0.4) is 0 Å². The van der Waals surface area contributed by atoms with Gasteiger partial charge in [0.05, 0.1) is 17.1 Å². The minimum atomic E-state index is -0.337. The first kappa shape index (κ1) is 18.7. The van der Waals surface area contributed by atoms with E-state index in [4.69, 9.17) is 0 Å². The van der Waals surface area contributed by atoms with Crippen molar-refractivity contribution in [1.82, 2.24) is 4.40 Å². The van der Waals surface area contributed by atoms with Gasteiger partial charge in [-0.1, -0.05) is 58.4 Å². The maximum absolute atomic E-state index is 13.5. The van der Waals surface area contributed by atoms with Gasteiger partial charge in [-0.05, 0) is 58.3 Å². The molecule has 5 heteroatoms. The number of fused-ring (bicyclic) bond motifs is 4. The summed E-state index contributed by atoms with van der Waals surface area (Å²) >= 11 is 3.61. The first-order valence-corrected chi connectivity index (χ1v) is 10.8. The van der Waals surface area contributed by atoms with Crippen LogP contribution in [0.2, 0.25) is 0 Å². The molecule has 0 aliphatic carbocycles. The molecule has 0 saturated carbocycles. The molecule has 0 spiro atoms. The SMILES string of the molecule is N#Cc1ccccc1-c1ccc2c(=O)n3c(=O)c4ccccc4c4cc(Br)cc(c2c1)c43. The number of hydrogen-bond acceptors (Lipinski definition) is 3. The molecule has 0 amide bonds. The van der Waals surface area contributed by atoms with Gasteiger partial charge in [0.25, 0.3) is 11.1 Å². The first-order chi connectivity index (χ1) is 15.6. The maximum Gasteiger partial charge on any atom is 0.266 e. The molecule has 0 atom stereocenters. The van der Waals surface area contributed by atoms with Crippen molar-refractivity contribution < 1.29 is 0 Å². The lowest BCUT2D eigenvalue weighted by atomic mass is 9.95. The number of aromatic nitrogens is 1. The standard InChI is InChI=1S/C27H13BrN2O2/c28-17-12-23-19-7-3-4-8-20(19)26(31)30-25(23)24(13-17)22-11-15(9-10-21(22)27(30)32)18-6-2-1-5-16(18)14-29/h1-13H. The Bertz CT molecular complexity index is 1900. The molecule has 4 aromatic carbocycles. The molecule has 0 N–H and O–H groups in total. The first-order valence-electron chi connectivity index (χ1n) is 10.0. The van der Waals surface area contributed by atoms with Crippen LogP contribution in [-0.2, 0) is 0 Å². The number of nitriles is 1. The van der Waals surface area contributed by atoms with Crippen LogP contribution >= 0.6 is 15.9 Å². The molecule has 2 heterocycles. The molecule has 0 radical (unpaired) electrons. The van der Waals surface area contributed by atoms with E-state index in [2.05, 4.69) is 22.0 Å². The smallest absolute Gasteiger partial charge is 0.266 e. The third-order valence-corrected chi connectivity index (χ3v) is 6.51. The van der Waals surface area contributed by atoms with E-state index in [1.165, 1.54) is 4.40 Å². The minimum absolute atomic E-state index is 0.314. The molecular weight excluding hydrogens is 464 g/mol. The molecule has 0 aliphatic heterocycles. The van der Waals surface area contributed by atoms with Crippen LogP contribution in [0.1, 0.15) is 5.56 Å². The molecule has 0 saturated heterocycles. The number of benzene rings is 4. The van der Waals surface area contributed by atoms with Gasteiger partial charge in [-0.15, -0.1) is 0 Å². The van der Waals surface area contributed by atoms with E-state index < -0.39 is 0 Å². The topological polar surface area (TPSA) is 62.3 Å². The third kappa shape index (κ3) is 2.47. The van der Waals surface area contributed by atoms with Crippen molar-refractivity contribution in [1.29, 1.82) is 5.26 Å². The summed E-state index contributed by atoms with van der Waals surface area (Å²) in [7, 11) is 0. The van der Waals surface area contributed by atoms with Gasteiger partial charge in [0.1, 0.15) is 0 Å². The zero-order valence-electron chi connectivity index (χ0n) is 16.6. The van der Waals surface area contributed by atoms with Gasteiger partial charge in [0.2, 0.25) is 0 Å². The van der Waals surface area contributed by atoms with Crippen molar-refractivity contribution in [2.75, 3.05) is 0 Å². The van der Waals surface area contributed by atoms with Crippen LogP contribution in [0.25, 0.3) is 49.0 Å². The van der Waals surface area contributed by atoms with Crippen LogP contribution in [-0.4, -0.2) is 4.40 Å². The molecule has 2 aromatic heterocycles. The molecule has 0 unspecified atom stereocenters. The van der Waals surface area contributed by atoms with Gasteiger partial charge in [0.15, 0.2) is 0 Å². The van der Waals surface area contributed by atoms with E-state index in [1.54, 1.807) is 18.2 Å². The second-order valence-electron chi connectivity index (χ2n) is 7.76. The Morgan fingerprint density at radius 2 is 1.31 bits per heavy atom. The highest BCUT2D eigenvalue weighted by molar-refractivity contribution is 9.10. The largest absolute Gasteiger partial charge is 0.268 e. The Morgan fingerprint density at radius 1 is 0.688 bits per heavy atom. The van der Waals surface area contributed by atoms with Crippen molar-refractivity contribution in [2.24, 2.45) is 0 Å².